The molecule has 39 heavy (non-hydrogen) atoms. The average Bonchev–Trinajstić information content (AvgIpc) is 3.38. The molecule has 13 atom stereocenters. The normalized spacial score (nSPS) is 50.5. The molecule has 0 bridgehead atoms. The first kappa shape index (κ1) is 30.2. The standard InChI is InChI=1S/C33H58O6/c1-20(2)7-6-8-21(3)25-11-12-26-24-10-9-22-17-23(13-15-31(22,4)27(24)14-16-32(25,26)5)38-33(19-35)30(37)29(36)28(18-34)39-33/h20-30,34-37H,6-19H2,1-5H3/t21-,22+,23+,24+,25-,26+,27+,28-,29-,30+,31+,32-,33-/m1/s1. The average molecular weight is 551 g/mol. The van der Waals surface area contributed by atoms with E-state index in [2.05, 4.69) is 34.6 Å². The number of ether oxygens (including phenoxy) is 2. The van der Waals surface area contributed by atoms with Crippen LogP contribution >= 0.6 is 0 Å². The lowest BCUT2D eigenvalue weighted by Gasteiger charge is -2.61. The SMILES string of the molecule is CC(C)CCC[C@@H](C)[C@H]1CC[C@H]2[C@@H]3CC[C@H]4C[C@@H](O[C@]5(CO)O[C@H](CO)[C@@H](O)[C@@H]5O)CC[C@]4(C)[C@H]3CC[C@]12C. The summed E-state index contributed by atoms with van der Waals surface area (Å²) in [6.45, 7) is 11.5. The van der Waals surface area contributed by atoms with Crippen LogP contribution in [0.2, 0.25) is 0 Å². The molecule has 0 unspecified atom stereocenters. The van der Waals surface area contributed by atoms with Crippen molar-refractivity contribution in [3.63, 3.8) is 0 Å². The Morgan fingerprint density at radius 3 is 2.26 bits per heavy atom. The van der Waals surface area contributed by atoms with E-state index in [9.17, 15) is 20.4 Å². The molecule has 226 valence electrons. The van der Waals surface area contributed by atoms with Crippen molar-refractivity contribution in [3.05, 3.63) is 0 Å². The van der Waals surface area contributed by atoms with Crippen LogP contribution in [-0.4, -0.2) is 63.8 Å². The van der Waals surface area contributed by atoms with Gasteiger partial charge in [0.2, 0.25) is 5.79 Å². The van der Waals surface area contributed by atoms with E-state index in [1.807, 2.05) is 0 Å². The monoisotopic (exact) mass is 550 g/mol. The summed E-state index contributed by atoms with van der Waals surface area (Å²) in [5.41, 5.74) is 0.829. The van der Waals surface area contributed by atoms with E-state index in [4.69, 9.17) is 9.47 Å². The molecule has 1 aliphatic heterocycles. The van der Waals surface area contributed by atoms with E-state index in [1.165, 1.54) is 57.8 Å². The highest BCUT2D eigenvalue weighted by atomic mass is 16.7. The molecular formula is C33H58O6. The summed E-state index contributed by atoms with van der Waals surface area (Å²) in [6.07, 6.45) is 11.5. The third-order valence-corrected chi connectivity index (χ3v) is 13.1. The van der Waals surface area contributed by atoms with Gasteiger partial charge in [-0.1, -0.05) is 53.9 Å². The maximum Gasteiger partial charge on any atom is 0.221 e. The highest BCUT2D eigenvalue weighted by Crippen LogP contribution is 2.68. The van der Waals surface area contributed by atoms with Crippen molar-refractivity contribution < 1.29 is 29.9 Å². The fourth-order valence-electron chi connectivity index (χ4n) is 10.9. The Kier molecular flexibility index (Phi) is 8.87. The first-order chi connectivity index (χ1) is 18.5. The minimum absolute atomic E-state index is 0.123. The molecule has 0 radical (unpaired) electrons. The molecule has 4 aliphatic carbocycles. The Hall–Kier alpha value is -0.240. The lowest BCUT2D eigenvalue weighted by Crippen LogP contribution is -2.56. The molecule has 5 aliphatic rings. The minimum atomic E-state index is -1.65. The van der Waals surface area contributed by atoms with E-state index in [0.717, 1.165) is 54.8 Å². The zero-order chi connectivity index (χ0) is 28.2. The van der Waals surface area contributed by atoms with Crippen molar-refractivity contribution in [1.82, 2.24) is 0 Å². The lowest BCUT2D eigenvalue weighted by atomic mass is 9.44. The van der Waals surface area contributed by atoms with Gasteiger partial charge >= 0.3 is 0 Å². The van der Waals surface area contributed by atoms with Crippen LogP contribution in [0.3, 0.4) is 0 Å². The summed E-state index contributed by atoms with van der Waals surface area (Å²) in [5, 5.41) is 40.6. The second kappa shape index (κ2) is 11.4. The van der Waals surface area contributed by atoms with Crippen molar-refractivity contribution in [2.24, 2.45) is 52.3 Å². The summed E-state index contributed by atoms with van der Waals surface area (Å²) >= 11 is 0. The maximum absolute atomic E-state index is 10.7. The van der Waals surface area contributed by atoms with E-state index in [-0.39, 0.29) is 6.10 Å². The molecule has 4 saturated carbocycles. The zero-order valence-electron chi connectivity index (χ0n) is 25.4. The third-order valence-electron chi connectivity index (χ3n) is 13.1. The van der Waals surface area contributed by atoms with Gasteiger partial charge in [0.05, 0.1) is 12.7 Å². The Morgan fingerprint density at radius 2 is 1.59 bits per heavy atom. The van der Waals surface area contributed by atoms with E-state index < -0.39 is 37.3 Å². The predicted molar refractivity (Wildman–Crippen MR) is 152 cm³/mol. The summed E-state index contributed by atoms with van der Waals surface area (Å²) in [5.74, 6) is 3.95. The number of aliphatic hydroxyl groups excluding tert-OH is 4. The first-order valence-electron chi connectivity index (χ1n) is 16.4. The summed E-state index contributed by atoms with van der Waals surface area (Å²) in [7, 11) is 0. The Labute approximate surface area is 237 Å². The molecule has 1 heterocycles. The summed E-state index contributed by atoms with van der Waals surface area (Å²) < 4.78 is 12.0. The van der Waals surface area contributed by atoms with Gasteiger partial charge in [0.1, 0.15) is 24.9 Å². The van der Waals surface area contributed by atoms with Gasteiger partial charge in [0.15, 0.2) is 0 Å². The molecule has 0 amide bonds. The van der Waals surface area contributed by atoms with Crippen LogP contribution in [0.15, 0.2) is 0 Å². The third kappa shape index (κ3) is 5.16. The molecule has 5 rings (SSSR count). The molecular weight excluding hydrogens is 492 g/mol. The minimum Gasteiger partial charge on any atom is -0.394 e. The maximum atomic E-state index is 10.7. The topological polar surface area (TPSA) is 99.4 Å². The second-order valence-electron chi connectivity index (χ2n) is 15.4. The summed E-state index contributed by atoms with van der Waals surface area (Å²) in [4.78, 5) is 0. The Morgan fingerprint density at radius 1 is 0.872 bits per heavy atom. The number of hydrogen-bond donors (Lipinski definition) is 4. The highest BCUT2D eigenvalue weighted by molar-refractivity contribution is 5.10. The largest absolute Gasteiger partial charge is 0.394 e. The predicted octanol–water partition coefficient (Wildman–Crippen LogP) is 5.29. The van der Waals surface area contributed by atoms with Crippen LogP contribution in [0.25, 0.3) is 0 Å². The van der Waals surface area contributed by atoms with Gasteiger partial charge in [-0.15, -0.1) is 0 Å². The molecule has 0 aromatic carbocycles. The number of fused-ring (bicyclic) bond motifs is 5. The van der Waals surface area contributed by atoms with Gasteiger partial charge in [-0.3, -0.25) is 0 Å². The van der Waals surface area contributed by atoms with Crippen LogP contribution in [-0.2, 0) is 9.47 Å². The van der Waals surface area contributed by atoms with Gasteiger partial charge in [-0.05, 0) is 110 Å². The van der Waals surface area contributed by atoms with E-state index in [1.54, 1.807) is 0 Å². The van der Waals surface area contributed by atoms with Gasteiger partial charge in [0, 0.05) is 0 Å². The van der Waals surface area contributed by atoms with Crippen molar-refractivity contribution >= 4 is 0 Å². The smallest absolute Gasteiger partial charge is 0.221 e. The van der Waals surface area contributed by atoms with Crippen molar-refractivity contribution in [1.29, 1.82) is 0 Å². The molecule has 6 nitrogen and oxygen atoms in total. The van der Waals surface area contributed by atoms with Crippen molar-refractivity contribution in [2.45, 2.75) is 142 Å². The zero-order valence-corrected chi connectivity index (χ0v) is 25.4. The molecule has 0 spiro atoms. The van der Waals surface area contributed by atoms with Gasteiger partial charge in [0.25, 0.3) is 0 Å². The lowest BCUT2D eigenvalue weighted by molar-refractivity contribution is -0.303. The second-order valence-corrected chi connectivity index (χ2v) is 15.4. The van der Waals surface area contributed by atoms with Gasteiger partial charge in [-0.25, -0.2) is 0 Å². The van der Waals surface area contributed by atoms with E-state index in [0.29, 0.717) is 16.7 Å². The molecule has 0 aromatic rings. The molecule has 0 aromatic heterocycles. The highest BCUT2D eigenvalue weighted by Gasteiger charge is 2.62. The molecule has 5 fully saturated rings. The van der Waals surface area contributed by atoms with Crippen LogP contribution in [0.1, 0.15) is 112 Å². The number of hydrogen-bond acceptors (Lipinski definition) is 6. The van der Waals surface area contributed by atoms with Gasteiger partial charge in [-0.2, -0.15) is 0 Å². The van der Waals surface area contributed by atoms with Crippen LogP contribution in [0, 0.1) is 52.3 Å². The first-order valence-corrected chi connectivity index (χ1v) is 16.4. The van der Waals surface area contributed by atoms with E-state index >= 15 is 0 Å². The Balaban J connectivity index is 1.23. The summed E-state index contributed by atoms with van der Waals surface area (Å²) in [6, 6.07) is 0. The fourth-order valence-corrected chi connectivity index (χ4v) is 10.9. The quantitative estimate of drug-likeness (QED) is 0.311. The Bertz CT molecular complexity index is 835. The molecule has 6 heteroatoms. The van der Waals surface area contributed by atoms with Crippen molar-refractivity contribution in [3.8, 4) is 0 Å². The molecule has 1 saturated heterocycles. The van der Waals surface area contributed by atoms with Crippen LogP contribution < -0.4 is 0 Å². The van der Waals surface area contributed by atoms with Crippen molar-refractivity contribution in [2.75, 3.05) is 13.2 Å². The van der Waals surface area contributed by atoms with Gasteiger partial charge < -0.3 is 29.9 Å². The fraction of sp³-hybridized carbons (Fsp3) is 1.00. The van der Waals surface area contributed by atoms with Crippen LogP contribution in [0.5, 0.6) is 0 Å². The number of aliphatic hydroxyl groups is 4. The number of rotatable bonds is 9. The van der Waals surface area contributed by atoms with Crippen LogP contribution in [0.4, 0.5) is 0 Å². The molecule has 4 N–H and O–H groups in total.